The summed E-state index contributed by atoms with van der Waals surface area (Å²) >= 11 is 0.719. The number of nitrogens with zero attached hydrogens (tertiary/aromatic N) is 1. The molecule has 3 rings (SSSR count). The molecule has 1 aliphatic heterocycles. The molecule has 0 saturated carbocycles. The van der Waals surface area contributed by atoms with Crippen LogP contribution in [0.3, 0.4) is 0 Å². The molecule has 2 amide bonds. The van der Waals surface area contributed by atoms with Gasteiger partial charge in [-0.1, -0.05) is 6.42 Å². The standard InChI is InChI=1S/C20H16F3NO5S/c21-13-10-15(23)14(22)9-12(13)16-6-5-11(29-16)8-17-19(27)24(20(28)30-17)7-3-1-2-4-18(25)26/h5-6,8-10H,1-4,7H2,(H,25,26). The van der Waals surface area contributed by atoms with Gasteiger partial charge in [0.1, 0.15) is 17.3 Å². The maximum absolute atomic E-state index is 13.9. The summed E-state index contributed by atoms with van der Waals surface area (Å²) in [5.41, 5.74) is -0.275. The summed E-state index contributed by atoms with van der Waals surface area (Å²) < 4.78 is 45.8. The van der Waals surface area contributed by atoms with Gasteiger partial charge in [-0.25, -0.2) is 13.2 Å². The Morgan fingerprint density at radius 3 is 2.53 bits per heavy atom. The molecule has 2 aromatic rings. The van der Waals surface area contributed by atoms with Crippen molar-refractivity contribution in [3.05, 3.63) is 52.4 Å². The van der Waals surface area contributed by atoms with E-state index in [0.29, 0.717) is 31.4 Å². The van der Waals surface area contributed by atoms with Gasteiger partial charge in [-0.05, 0) is 42.8 Å². The number of benzene rings is 1. The molecule has 0 radical (unpaired) electrons. The van der Waals surface area contributed by atoms with Gasteiger partial charge in [0.15, 0.2) is 11.6 Å². The number of carboxylic acids is 1. The van der Waals surface area contributed by atoms with Crippen molar-refractivity contribution in [2.75, 3.05) is 6.54 Å². The van der Waals surface area contributed by atoms with E-state index in [4.69, 9.17) is 9.52 Å². The van der Waals surface area contributed by atoms with Gasteiger partial charge < -0.3 is 9.52 Å². The van der Waals surface area contributed by atoms with Crippen molar-refractivity contribution in [2.45, 2.75) is 25.7 Å². The molecule has 1 aromatic carbocycles. The summed E-state index contributed by atoms with van der Waals surface area (Å²) in [4.78, 5) is 36.2. The fourth-order valence-electron chi connectivity index (χ4n) is 2.83. The Hall–Kier alpha value is -3.01. The van der Waals surface area contributed by atoms with E-state index in [2.05, 4.69) is 0 Å². The van der Waals surface area contributed by atoms with E-state index in [9.17, 15) is 27.6 Å². The lowest BCUT2D eigenvalue weighted by atomic mass is 10.1. The zero-order valence-electron chi connectivity index (χ0n) is 15.5. The summed E-state index contributed by atoms with van der Waals surface area (Å²) in [6.45, 7) is 0.172. The zero-order chi connectivity index (χ0) is 21.8. The SMILES string of the molecule is O=C(O)CCCCCN1C(=O)SC(=Cc2ccc(-c3cc(F)c(F)cc3F)o2)C1=O. The minimum Gasteiger partial charge on any atom is -0.481 e. The van der Waals surface area contributed by atoms with Crippen molar-refractivity contribution in [1.29, 1.82) is 0 Å². The van der Waals surface area contributed by atoms with Crippen LogP contribution in [-0.2, 0) is 9.59 Å². The minimum atomic E-state index is -1.32. The first-order valence-electron chi connectivity index (χ1n) is 8.98. The third-order valence-electron chi connectivity index (χ3n) is 4.32. The van der Waals surface area contributed by atoms with Gasteiger partial charge >= 0.3 is 5.97 Å². The summed E-state index contributed by atoms with van der Waals surface area (Å²) in [5, 5.41) is 8.15. The van der Waals surface area contributed by atoms with E-state index in [1.165, 1.54) is 18.2 Å². The number of aliphatic carboxylic acids is 1. The molecule has 0 atom stereocenters. The monoisotopic (exact) mass is 439 g/mol. The van der Waals surface area contributed by atoms with E-state index in [-0.39, 0.29) is 35.0 Å². The average Bonchev–Trinajstić information content (AvgIpc) is 3.24. The smallest absolute Gasteiger partial charge is 0.303 e. The third-order valence-corrected chi connectivity index (χ3v) is 5.23. The molecule has 10 heteroatoms. The first kappa shape index (κ1) is 21.7. The highest BCUT2D eigenvalue weighted by Crippen LogP contribution is 2.34. The molecular formula is C20H16F3NO5S. The van der Waals surface area contributed by atoms with E-state index in [0.717, 1.165) is 16.7 Å². The van der Waals surface area contributed by atoms with Gasteiger partial charge in [0.25, 0.3) is 11.1 Å². The number of hydrogen-bond donors (Lipinski definition) is 1. The fourth-order valence-corrected chi connectivity index (χ4v) is 3.68. The highest BCUT2D eigenvalue weighted by atomic mass is 32.2. The van der Waals surface area contributed by atoms with Crippen LogP contribution in [0.5, 0.6) is 0 Å². The molecule has 1 aliphatic rings. The Bertz CT molecular complexity index is 1030. The highest BCUT2D eigenvalue weighted by molar-refractivity contribution is 8.18. The van der Waals surface area contributed by atoms with Crippen molar-refractivity contribution >= 4 is 35.0 Å². The molecule has 6 nitrogen and oxygen atoms in total. The van der Waals surface area contributed by atoms with E-state index >= 15 is 0 Å². The number of carbonyl (C=O) groups is 3. The van der Waals surface area contributed by atoms with E-state index in [1.807, 2.05) is 0 Å². The maximum atomic E-state index is 13.9. The second-order valence-corrected chi connectivity index (χ2v) is 7.48. The van der Waals surface area contributed by atoms with Crippen LogP contribution in [0.4, 0.5) is 18.0 Å². The topological polar surface area (TPSA) is 87.8 Å². The fraction of sp³-hybridized carbons (Fsp3) is 0.250. The number of carboxylic acid groups (broad SMARTS) is 1. The average molecular weight is 439 g/mol. The molecule has 0 unspecified atom stereocenters. The predicted octanol–water partition coefficient (Wildman–Crippen LogP) is 5.05. The Balaban J connectivity index is 1.68. The molecule has 1 saturated heterocycles. The number of amides is 2. The largest absolute Gasteiger partial charge is 0.481 e. The van der Waals surface area contributed by atoms with Crippen molar-refractivity contribution < 1.29 is 37.1 Å². The molecule has 1 N–H and O–H groups in total. The Morgan fingerprint density at radius 2 is 1.80 bits per heavy atom. The number of furan rings is 1. The van der Waals surface area contributed by atoms with Crippen molar-refractivity contribution in [1.82, 2.24) is 4.90 Å². The number of imide groups is 1. The van der Waals surface area contributed by atoms with Crippen LogP contribution in [0.15, 0.2) is 33.6 Å². The lowest BCUT2D eigenvalue weighted by Gasteiger charge is -2.11. The summed E-state index contributed by atoms with van der Waals surface area (Å²) in [6.07, 6.45) is 2.85. The number of hydrogen-bond acceptors (Lipinski definition) is 5. The van der Waals surface area contributed by atoms with Gasteiger partial charge in [0.2, 0.25) is 0 Å². The number of carbonyl (C=O) groups excluding carboxylic acids is 2. The molecule has 1 fully saturated rings. The Labute approximate surface area is 173 Å². The van der Waals surface area contributed by atoms with Crippen LogP contribution in [0.2, 0.25) is 0 Å². The van der Waals surface area contributed by atoms with Crippen LogP contribution in [0.25, 0.3) is 17.4 Å². The maximum Gasteiger partial charge on any atom is 0.303 e. The molecular weight excluding hydrogens is 423 g/mol. The zero-order valence-corrected chi connectivity index (χ0v) is 16.3. The second-order valence-electron chi connectivity index (χ2n) is 6.49. The number of thioether (sulfide) groups is 1. The van der Waals surface area contributed by atoms with Crippen molar-refractivity contribution in [3.8, 4) is 11.3 Å². The highest BCUT2D eigenvalue weighted by Gasteiger charge is 2.34. The van der Waals surface area contributed by atoms with Crippen LogP contribution >= 0.6 is 11.8 Å². The van der Waals surface area contributed by atoms with Crippen LogP contribution in [-0.4, -0.2) is 33.7 Å². The summed E-state index contributed by atoms with van der Waals surface area (Å²) in [6, 6.07) is 3.84. The Morgan fingerprint density at radius 1 is 1.07 bits per heavy atom. The van der Waals surface area contributed by atoms with Crippen molar-refractivity contribution in [3.63, 3.8) is 0 Å². The van der Waals surface area contributed by atoms with Crippen molar-refractivity contribution in [2.24, 2.45) is 0 Å². The van der Waals surface area contributed by atoms with Gasteiger partial charge in [-0.2, -0.15) is 0 Å². The molecule has 0 bridgehead atoms. The predicted molar refractivity (Wildman–Crippen MR) is 103 cm³/mol. The normalized spacial score (nSPS) is 15.4. The number of rotatable bonds is 8. The summed E-state index contributed by atoms with van der Waals surface area (Å²) in [5.74, 6) is -4.88. The van der Waals surface area contributed by atoms with Gasteiger partial charge in [0, 0.05) is 25.1 Å². The van der Waals surface area contributed by atoms with Gasteiger partial charge in [-0.15, -0.1) is 0 Å². The van der Waals surface area contributed by atoms with Crippen LogP contribution in [0.1, 0.15) is 31.4 Å². The van der Waals surface area contributed by atoms with E-state index in [1.54, 1.807) is 0 Å². The third kappa shape index (κ3) is 4.93. The number of unbranched alkanes of at least 4 members (excludes halogenated alkanes) is 2. The quantitative estimate of drug-likeness (QED) is 0.352. The minimum absolute atomic E-state index is 0.0289. The molecule has 30 heavy (non-hydrogen) atoms. The molecule has 0 spiro atoms. The first-order valence-corrected chi connectivity index (χ1v) is 9.80. The summed E-state index contributed by atoms with van der Waals surface area (Å²) in [7, 11) is 0. The van der Waals surface area contributed by atoms with Gasteiger partial charge in [-0.3, -0.25) is 19.3 Å². The number of halogens is 3. The van der Waals surface area contributed by atoms with Crippen LogP contribution in [0, 0.1) is 17.5 Å². The lowest BCUT2D eigenvalue weighted by Crippen LogP contribution is -2.29. The molecule has 1 aromatic heterocycles. The Kier molecular flexibility index (Phi) is 6.66. The van der Waals surface area contributed by atoms with Gasteiger partial charge in [0.05, 0.1) is 10.5 Å². The second kappa shape index (κ2) is 9.21. The van der Waals surface area contributed by atoms with E-state index < -0.39 is 34.6 Å². The lowest BCUT2D eigenvalue weighted by molar-refractivity contribution is -0.137. The molecule has 0 aliphatic carbocycles. The molecule has 158 valence electrons. The van der Waals surface area contributed by atoms with Crippen LogP contribution < -0.4 is 0 Å². The molecule has 2 heterocycles. The first-order chi connectivity index (χ1) is 14.3.